The molecule has 0 amide bonds. The second kappa shape index (κ2) is 4.11. The predicted octanol–water partition coefficient (Wildman–Crippen LogP) is 2.71. The number of carbonyl (C=O) groups is 1. The van der Waals surface area contributed by atoms with E-state index in [0.29, 0.717) is 5.06 Å². The van der Waals surface area contributed by atoms with E-state index in [0.717, 1.165) is 9.35 Å². The van der Waals surface area contributed by atoms with E-state index < -0.39 is 11.9 Å². The molecular weight excluding hydrogens is 256 g/mol. The first-order valence-corrected chi connectivity index (χ1v) is 5.23. The Morgan fingerprint density at radius 2 is 2.38 bits per heavy atom. The van der Waals surface area contributed by atoms with Gasteiger partial charge in [-0.25, -0.2) is 0 Å². The molecule has 1 unspecified atom stereocenters. The van der Waals surface area contributed by atoms with Crippen LogP contribution in [-0.2, 0) is 4.79 Å². The van der Waals surface area contributed by atoms with Crippen LogP contribution in [0.25, 0.3) is 0 Å². The summed E-state index contributed by atoms with van der Waals surface area (Å²) in [5, 5.41) is 9.47. The van der Waals surface area contributed by atoms with Gasteiger partial charge in [0.05, 0.1) is 17.5 Å². The van der Waals surface area contributed by atoms with Crippen LogP contribution in [0.5, 0.6) is 5.06 Å². The topological polar surface area (TPSA) is 46.5 Å². The second-order valence-corrected chi connectivity index (χ2v) is 4.45. The van der Waals surface area contributed by atoms with Crippen LogP contribution in [0.4, 0.5) is 0 Å². The quantitative estimate of drug-likeness (QED) is 0.913. The second-order valence-electron chi connectivity index (χ2n) is 2.55. The molecule has 1 aromatic heterocycles. The number of carboxylic acid groups (broad SMARTS) is 1. The van der Waals surface area contributed by atoms with Crippen molar-refractivity contribution in [3.63, 3.8) is 0 Å². The Kier molecular flexibility index (Phi) is 3.33. The van der Waals surface area contributed by atoms with E-state index in [4.69, 9.17) is 9.84 Å². The van der Waals surface area contributed by atoms with Gasteiger partial charge in [0.15, 0.2) is 5.06 Å². The molecule has 0 radical (unpaired) electrons. The molecule has 3 nitrogen and oxygen atoms in total. The molecule has 0 saturated carbocycles. The maximum atomic E-state index is 10.7. The lowest BCUT2D eigenvalue weighted by molar-refractivity contribution is -0.138. The average Bonchev–Trinajstić information content (AvgIpc) is 2.45. The molecule has 1 atom stereocenters. The Labute approximate surface area is 88.5 Å². The molecule has 1 rings (SSSR count). The van der Waals surface area contributed by atoms with Gasteiger partial charge in [-0.15, -0.1) is 11.3 Å². The van der Waals surface area contributed by atoms with E-state index >= 15 is 0 Å². The molecule has 1 aromatic rings. The Morgan fingerprint density at radius 3 is 2.77 bits per heavy atom. The Balaban J connectivity index is 2.96. The number of methoxy groups -OCH3 is 1. The minimum Gasteiger partial charge on any atom is -0.486 e. The predicted molar refractivity (Wildman–Crippen MR) is 54.6 cm³/mol. The third-order valence-electron chi connectivity index (χ3n) is 1.66. The molecular formula is C8H9BrO3S. The van der Waals surface area contributed by atoms with Gasteiger partial charge in [0, 0.05) is 4.88 Å². The molecule has 0 bridgehead atoms. The molecule has 0 spiro atoms. The first-order valence-electron chi connectivity index (χ1n) is 3.62. The van der Waals surface area contributed by atoms with E-state index in [1.54, 1.807) is 20.1 Å². The summed E-state index contributed by atoms with van der Waals surface area (Å²) in [4.78, 5) is 11.4. The van der Waals surface area contributed by atoms with Gasteiger partial charge < -0.3 is 9.84 Å². The summed E-state index contributed by atoms with van der Waals surface area (Å²) in [7, 11) is 1.56. The molecule has 0 aliphatic rings. The van der Waals surface area contributed by atoms with Gasteiger partial charge in [0.25, 0.3) is 0 Å². The normalized spacial score (nSPS) is 12.5. The first-order chi connectivity index (χ1) is 6.06. The van der Waals surface area contributed by atoms with Crippen LogP contribution in [0.2, 0.25) is 0 Å². The number of halogens is 1. The van der Waals surface area contributed by atoms with Crippen molar-refractivity contribution in [3.8, 4) is 5.06 Å². The van der Waals surface area contributed by atoms with Crippen LogP contribution in [0.1, 0.15) is 17.7 Å². The lowest BCUT2D eigenvalue weighted by Crippen LogP contribution is -2.05. The summed E-state index contributed by atoms with van der Waals surface area (Å²) in [6.45, 7) is 1.65. The lowest BCUT2D eigenvalue weighted by Gasteiger charge is -2.00. The van der Waals surface area contributed by atoms with Crippen molar-refractivity contribution in [2.24, 2.45) is 0 Å². The fraction of sp³-hybridized carbons (Fsp3) is 0.375. The molecule has 5 heteroatoms. The van der Waals surface area contributed by atoms with Crippen molar-refractivity contribution >= 4 is 33.2 Å². The number of aliphatic carboxylic acids is 1. The van der Waals surface area contributed by atoms with E-state index in [9.17, 15) is 4.79 Å². The minimum absolute atomic E-state index is 0.481. The fourth-order valence-electron chi connectivity index (χ4n) is 0.843. The summed E-state index contributed by atoms with van der Waals surface area (Å²) >= 11 is 4.63. The highest BCUT2D eigenvalue weighted by atomic mass is 79.9. The number of ether oxygens (including phenoxy) is 1. The molecule has 0 aromatic carbocycles. The van der Waals surface area contributed by atoms with Gasteiger partial charge in [-0.05, 0) is 28.9 Å². The van der Waals surface area contributed by atoms with Crippen LogP contribution in [0.15, 0.2) is 10.5 Å². The van der Waals surface area contributed by atoms with Crippen molar-refractivity contribution in [1.82, 2.24) is 0 Å². The molecule has 0 aliphatic carbocycles. The van der Waals surface area contributed by atoms with Crippen molar-refractivity contribution in [1.29, 1.82) is 0 Å². The Hall–Kier alpha value is -0.550. The van der Waals surface area contributed by atoms with Crippen LogP contribution < -0.4 is 4.74 Å². The molecule has 1 heterocycles. The average molecular weight is 265 g/mol. The summed E-state index contributed by atoms with van der Waals surface area (Å²) in [6.07, 6.45) is 0. The molecule has 13 heavy (non-hydrogen) atoms. The van der Waals surface area contributed by atoms with Gasteiger partial charge >= 0.3 is 5.97 Å². The van der Waals surface area contributed by atoms with Crippen LogP contribution in [-0.4, -0.2) is 18.2 Å². The SMILES string of the molecule is COc1sc(C(C)C(=O)O)cc1Br. The molecule has 1 N–H and O–H groups in total. The van der Waals surface area contributed by atoms with Crippen molar-refractivity contribution in [2.75, 3.05) is 7.11 Å². The van der Waals surface area contributed by atoms with Crippen LogP contribution in [0.3, 0.4) is 0 Å². The summed E-state index contributed by atoms with van der Waals surface area (Å²) in [5.74, 6) is -1.30. The fourth-order valence-corrected chi connectivity index (χ4v) is 2.55. The smallest absolute Gasteiger partial charge is 0.311 e. The van der Waals surface area contributed by atoms with Crippen molar-refractivity contribution in [3.05, 3.63) is 15.4 Å². The van der Waals surface area contributed by atoms with Crippen LogP contribution >= 0.6 is 27.3 Å². The maximum Gasteiger partial charge on any atom is 0.311 e. The summed E-state index contributed by atoms with van der Waals surface area (Å²) in [6, 6.07) is 1.78. The monoisotopic (exact) mass is 264 g/mol. The first kappa shape index (κ1) is 10.5. The van der Waals surface area contributed by atoms with Gasteiger partial charge in [-0.3, -0.25) is 4.79 Å². The standard InChI is InChI=1S/C8H9BrO3S/c1-4(7(10)11)6-3-5(9)8(12-2)13-6/h3-4H,1-2H3,(H,10,11). The third-order valence-corrected chi connectivity index (χ3v) is 3.79. The van der Waals surface area contributed by atoms with Gasteiger partial charge in [0.2, 0.25) is 0 Å². The molecule has 0 saturated heterocycles. The number of thiophene rings is 1. The zero-order valence-corrected chi connectivity index (χ0v) is 9.61. The molecule has 72 valence electrons. The molecule has 0 aliphatic heterocycles. The number of hydrogen-bond donors (Lipinski definition) is 1. The number of carboxylic acids is 1. The largest absolute Gasteiger partial charge is 0.486 e. The minimum atomic E-state index is -0.823. The lowest BCUT2D eigenvalue weighted by atomic mass is 10.1. The van der Waals surface area contributed by atoms with E-state index in [-0.39, 0.29) is 0 Å². The Morgan fingerprint density at radius 1 is 1.77 bits per heavy atom. The highest BCUT2D eigenvalue weighted by Gasteiger charge is 2.18. The summed E-state index contributed by atoms with van der Waals surface area (Å²) < 4.78 is 5.84. The maximum absolute atomic E-state index is 10.7. The van der Waals surface area contributed by atoms with E-state index in [1.165, 1.54) is 11.3 Å². The number of hydrogen-bond acceptors (Lipinski definition) is 3. The van der Waals surface area contributed by atoms with Crippen LogP contribution in [0, 0.1) is 0 Å². The third kappa shape index (κ3) is 2.22. The number of rotatable bonds is 3. The summed E-state index contributed by atoms with van der Waals surface area (Å²) in [5.41, 5.74) is 0. The van der Waals surface area contributed by atoms with Gasteiger partial charge in [-0.2, -0.15) is 0 Å². The van der Waals surface area contributed by atoms with Gasteiger partial charge in [0.1, 0.15) is 0 Å². The van der Waals surface area contributed by atoms with Crippen molar-refractivity contribution in [2.45, 2.75) is 12.8 Å². The zero-order valence-electron chi connectivity index (χ0n) is 7.20. The molecule has 0 fully saturated rings. The van der Waals surface area contributed by atoms with Crippen molar-refractivity contribution < 1.29 is 14.6 Å². The zero-order chi connectivity index (χ0) is 10.0. The highest BCUT2D eigenvalue weighted by molar-refractivity contribution is 9.10. The van der Waals surface area contributed by atoms with E-state index in [2.05, 4.69) is 15.9 Å². The van der Waals surface area contributed by atoms with E-state index in [1.807, 2.05) is 0 Å². The Bertz CT molecular complexity index is 321. The highest BCUT2D eigenvalue weighted by Crippen LogP contribution is 2.38. The van der Waals surface area contributed by atoms with Gasteiger partial charge in [-0.1, -0.05) is 0 Å².